The van der Waals surface area contributed by atoms with Gasteiger partial charge in [0.05, 0.1) is 0 Å². The molecule has 0 saturated carbocycles. The van der Waals surface area contributed by atoms with E-state index in [0.29, 0.717) is 11.1 Å². The smallest absolute Gasteiger partial charge is 0.124 e. The maximum atomic E-state index is 9.21. The Balaban J connectivity index is 3.31. The van der Waals surface area contributed by atoms with Crippen molar-refractivity contribution >= 4 is 17.6 Å². The summed E-state index contributed by atoms with van der Waals surface area (Å²) in [4.78, 5) is 0. The monoisotopic (exact) mass is 168 g/mol. The average Bonchev–Trinajstić information content (AvgIpc) is 1.97. The van der Waals surface area contributed by atoms with Crippen LogP contribution >= 0.6 is 12.2 Å². The van der Waals surface area contributed by atoms with Gasteiger partial charge in [-0.25, -0.2) is 0 Å². The molecule has 0 aliphatic carbocycles. The third-order valence-corrected chi connectivity index (χ3v) is 1.73. The van der Waals surface area contributed by atoms with Gasteiger partial charge in [-0.1, -0.05) is 12.2 Å². The molecule has 2 N–H and O–H groups in total. The Morgan fingerprint density at radius 2 is 1.91 bits per heavy atom. The first-order valence-corrected chi connectivity index (χ1v) is 3.60. The second-order valence-electron chi connectivity index (χ2n) is 2.32. The molecule has 11 heavy (non-hydrogen) atoms. The number of rotatable bonds is 1. The summed E-state index contributed by atoms with van der Waals surface area (Å²) in [5.74, 6) is 0.259. The summed E-state index contributed by atoms with van der Waals surface area (Å²) in [5.41, 5.74) is 1.12. The van der Waals surface area contributed by atoms with Gasteiger partial charge < -0.3 is 10.2 Å². The van der Waals surface area contributed by atoms with Gasteiger partial charge in [-0.2, -0.15) is 0 Å². The quantitative estimate of drug-likeness (QED) is 0.496. The zero-order valence-corrected chi connectivity index (χ0v) is 6.85. The number of phenolic OH excluding ortho intramolecular Hbond substituents is 2. The number of thiocarbonyl (C=S) groups is 1. The Morgan fingerprint density at radius 1 is 1.27 bits per heavy atom. The second kappa shape index (κ2) is 2.88. The third-order valence-electron chi connectivity index (χ3n) is 1.47. The molecule has 0 radical (unpaired) electrons. The summed E-state index contributed by atoms with van der Waals surface area (Å²) >= 11 is 4.61. The lowest BCUT2D eigenvalue weighted by molar-refractivity contribution is 0.456. The molecule has 0 aromatic heterocycles. The predicted octanol–water partition coefficient (Wildman–Crippen LogP) is 1.75. The first kappa shape index (κ1) is 8.01. The van der Waals surface area contributed by atoms with Gasteiger partial charge >= 0.3 is 0 Å². The molecule has 2 nitrogen and oxygen atoms in total. The van der Waals surface area contributed by atoms with Gasteiger partial charge in [0.25, 0.3) is 0 Å². The zero-order chi connectivity index (χ0) is 8.43. The number of aromatic hydroxyl groups is 2. The molecule has 3 heteroatoms. The molecular weight excluding hydrogens is 160 g/mol. The molecule has 1 aromatic carbocycles. The van der Waals surface area contributed by atoms with Crippen molar-refractivity contribution in [3.63, 3.8) is 0 Å². The average molecular weight is 168 g/mol. The molecular formula is C8H8O2S. The Labute approximate surface area is 70.1 Å². The summed E-state index contributed by atoms with van der Waals surface area (Å²) in [6.07, 6.45) is 0. The van der Waals surface area contributed by atoms with E-state index < -0.39 is 0 Å². The van der Waals surface area contributed by atoms with E-state index in [-0.39, 0.29) is 11.5 Å². The molecule has 0 heterocycles. The lowest BCUT2D eigenvalue weighted by Gasteiger charge is -2.01. The first-order valence-electron chi connectivity index (χ1n) is 3.13. The van der Waals surface area contributed by atoms with E-state index in [4.69, 9.17) is 0 Å². The first-order chi connectivity index (χ1) is 5.15. The minimum absolute atomic E-state index is 0.107. The topological polar surface area (TPSA) is 40.5 Å². The fourth-order valence-corrected chi connectivity index (χ4v) is 0.981. The fraction of sp³-hybridized carbons (Fsp3) is 0.125. The van der Waals surface area contributed by atoms with Gasteiger partial charge in [-0.3, -0.25) is 0 Å². The Kier molecular flexibility index (Phi) is 2.10. The molecule has 58 valence electrons. The van der Waals surface area contributed by atoms with E-state index in [1.54, 1.807) is 6.92 Å². The minimum atomic E-state index is 0.107. The molecule has 0 aliphatic heterocycles. The normalized spacial score (nSPS) is 9.55. The van der Waals surface area contributed by atoms with E-state index in [2.05, 4.69) is 12.2 Å². The van der Waals surface area contributed by atoms with Crippen molar-refractivity contribution in [3.8, 4) is 11.5 Å². The number of phenols is 2. The van der Waals surface area contributed by atoms with Crippen LogP contribution in [0.5, 0.6) is 11.5 Å². The van der Waals surface area contributed by atoms with Crippen molar-refractivity contribution < 1.29 is 10.2 Å². The van der Waals surface area contributed by atoms with Crippen molar-refractivity contribution in [1.29, 1.82) is 0 Å². The van der Waals surface area contributed by atoms with Gasteiger partial charge in [-0.15, -0.1) is 0 Å². The van der Waals surface area contributed by atoms with Gasteiger partial charge in [0, 0.05) is 10.9 Å². The molecule has 0 unspecified atom stereocenters. The Hall–Kier alpha value is -1.09. The van der Waals surface area contributed by atoms with Crippen LogP contribution < -0.4 is 0 Å². The van der Waals surface area contributed by atoms with Crippen LogP contribution in [-0.2, 0) is 0 Å². The highest BCUT2D eigenvalue weighted by Crippen LogP contribution is 2.24. The Morgan fingerprint density at radius 3 is 2.45 bits per heavy atom. The molecule has 0 aliphatic rings. The van der Waals surface area contributed by atoms with E-state index in [9.17, 15) is 10.2 Å². The van der Waals surface area contributed by atoms with Crippen LogP contribution in [0.2, 0.25) is 0 Å². The molecule has 0 bridgehead atoms. The maximum absolute atomic E-state index is 9.21. The standard InChI is InChI=1S/C8H8O2S/c1-5-2-8(10)6(4-11)3-7(5)9/h2-4,9-10H,1H3. The van der Waals surface area contributed by atoms with Gasteiger partial charge in [0.15, 0.2) is 0 Å². The molecule has 0 fully saturated rings. The maximum Gasteiger partial charge on any atom is 0.124 e. The minimum Gasteiger partial charge on any atom is -0.508 e. The molecule has 1 rings (SSSR count). The lowest BCUT2D eigenvalue weighted by atomic mass is 10.1. The number of aryl methyl sites for hydroxylation is 1. The molecule has 0 atom stereocenters. The highest BCUT2D eigenvalue weighted by molar-refractivity contribution is 7.79. The van der Waals surface area contributed by atoms with Gasteiger partial charge in [0.2, 0.25) is 0 Å². The molecule has 0 amide bonds. The van der Waals surface area contributed by atoms with Crippen molar-refractivity contribution in [1.82, 2.24) is 0 Å². The largest absolute Gasteiger partial charge is 0.508 e. The SMILES string of the molecule is Cc1cc(O)c(C=S)cc1O. The summed E-state index contributed by atoms with van der Waals surface area (Å²) in [7, 11) is 0. The number of hydrogen-bond acceptors (Lipinski definition) is 3. The van der Waals surface area contributed by atoms with Crippen LogP contribution in [-0.4, -0.2) is 15.6 Å². The van der Waals surface area contributed by atoms with Crippen LogP contribution in [0, 0.1) is 6.92 Å². The van der Waals surface area contributed by atoms with Crippen molar-refractivity contribution in [2.24, 2.45) is 0 Å². The lowest BCUT2D eigenvalue weighted by Crippen LogP contribution is -1.82. The van der Waals surface area contributed by atoms with Crippen LogP contribution in [0.1, 0.15) is 11.1 Å². The summed E-state index contributed by atoms with van der Waals surface area (Å²) in [6, 6.07) is 2.92. The zero-order valence-electron chi connectivity index (χ0n) is 6.03. The summed E-state index contributed by atoms with van der Waals surface area (Å²) in [5, 5.41) is 19.7. The van der Waals surface area contributed by atoms with Crippen LogP contribution in [0.3, 0.4) is 0 Å². The van der Waals surface area contributed by atoms with Crippen LogP contribution in [0.15, 0.2) is 12.1 Å². The molecule has 1 aromatic rings. The summed E-state index contributed by atoms with van der Waals surface area (Å²) < 4.78 is 0. The van der Waals surface area contributed by atoms with Crippen LogP contribution in [0.4, 0.5) is 0 Å². The second-order valence-corrected chi connectivity index (χ2v) is 2.55. The van der Waals surface area contributed by atoms with Gasteiger partial charge in [0.1, 0.15) is 11.5 Å². The van der Waals surface area contributed by atoms with Crippen molar-refractivity contribution in [2.75, 3.05) is 0 Å². The van der Waals surface area contributed by atoms with E-state index in [1.807, 2.05) is 0 Å². The van der Waals surface area contributed by atoms with E-state index in [0.717, 1.165) is 0 Å². The third kappa shape index (κ3) is 1.49. The van der Waals surface area contributed by atoms with Crippen molar-refractivity contribution in [3.05, 3.63) is 23.3 Å². The van der Waals surface area contributed by atoms with Crippen molar-refractivity contribution in [2.45, 2.75) is 6.92 Å². The van der Waals surface area contributed by atoms with Gasteiger partial charge in [-0.05, 0) is 24.6 Å². The highest BCUT2D eigenvalue weighted by Gasteiger charge is 2.01. The molecule has 0 saturated heterocycles. The van der Waals surface area contributed by atoms with Crippen LogP contribution in [0.25, 0.3) is 0 Å². The van der Waals surface area contributed by atoms with E-state index in [1.165, 1.54) is 17.5 Å². The predicted molar refractivity (Wildman–Crippen MR) is 47.3 cm³/mol. The fourth-order valence-electron chi connectivity index (χ4n) is 0.792. The Bertz CT molecular complexity index is 294. The van der Waals surface area contributed by atoms with E-state index >= 15 is 0 Å². The number of hydrogen-bond donors (Lipinski definition) is 2. The number of benzene rings is 1. The summed E-state index contributed by atoms with van der Waals surface area (Å²) in [6.45, 7) is 1.71. The highest BCUT2D eigenvalue weighted by atomic mass is 32.1. The molecule has 0 spiro atoms.